The summed E-state index contributed by atoms with van der Waals surface area (Å²) in [5.74, 6) is -0.0877. The molecule has 0 saturated heterocycles. The van der Waals surface area contributed by atoms with E-state index in [4.69, 9.17) is 4.74 Å². The van der Waals surface area contributed by atoms with Gasteiger partial charge in [0.05, 0.1) is 13.0 Å². The molecule has 0 rings (SSSR count). The first-order valence-corrected chi connectivity index (χ1v) is 10.5. The predicted molar refractivity (Wildman–Crippen MR) is 103 cm³/mol. The summed E-state index contributed by atoms with van der Waals surface area (Å²) >= 11 is 4.08. The van der Waals surface area contributed by atoms with E-state index in [0.717, 1.165) is 6.42 Å². The van der Waals surface area contributed by atoms with E-state index < -0.39 is 0 Å². The molecule has 0 amide bonds. The minimum absolute atomic E-state index is 0.0877. The lowest BCUT2D eigenvalue weighted by Crippen LogP contribution is -2.05. The molecule has 0 radical (unpaired) electrons. The molecule has 0 aromatic heterocycles. The molecule has 0 N–H and O–H groups in total. The molecule has 0 aliphatic rings. The lowest BCUT2D eigenvalue weighted by atomic mass is 10.0. The second-order valence-electron chi connectivity index (χ2n) is 5.29. The van der Waals surface area contributed by atoms with E-state index in [-0.39, 0.29) is 5.97 Å². The van der Waals surface area contributed by atoms with Crippen molar-refractivity contribution in [3.05, 3.63) is 8.48 Å². The maximum absolute atomic E-state index is 11.6. The van der Waals surface area contributed by atoms with Gasteiger partial charge >= 0.3 is 5.97 Å². The van der Waals surface area contributed by atoms with Gasteiger partial charge in [-0.1, -0.05) is 51.9 Å². The van der Waals surface area contributed by atoms with Gasteiger partial charge in [-0.15, -0.1) is 11.8 Å². The monoisotopic (exact) mass is 426 g/mol. The number of hydrogen-bond acceptors (Lipinski definition) is 3. The standard InChI is InChI=1S/C17H31IO2S/c1-4-6-7-8-9-10-11-12-13-15(17(18)21-3)14-16(19)20-5-2/h4-14H2,1-3H3/b17-15+. The van der Waals surface area contributed by atoms with Gasteiger partial charge in [-0.05, 0) is 54.2 Å². The van der Waals surface area contributed by atoms with Crippen LogP contribution in [0.1, 0.15) is 78.1 Å². The first-order chi connectivity index (χ1) is 10.2. The van der Waals surface area contributed by atoms with Crippen molar-refractivity contribution in [2.75, 3.05) is 12.9 Å². The van der Waals surface area contributed by atoms with Crippen molar-refractivity contribution in [2.45, 2.75) is 78.1 Å². The predicted octanol–water partition coefficient (Wildman–Crippen LogP) is 6.48. The summed E-state index contributed by atoms with van der Waals surface area (Å²) < 4.78 is 6.32. The minimum atomic E-state index is -0.0877. The molecule has 0 spiro atoms. The van der Waals surface area contributed by atoms with Gasteiger partial charge in [-0.3, -0.25) is 4.79 Å². The molecule has 21 heavy (non-hydrogen) atoms. The first kappa shape index (κ1) is 21.3. The Morgan fingerprint density at radius 1 is 1.00 bits per heavy atom. The zero-order chi connectivity index (χ0) is 15.9. The van der Waals surface area contributed by atoms with E-state index in [1.807, 2.05) is 6.92 Å². The topological polar surface area (TPSA) is 26.3 Å². The fraction of sp³-hybridized carbons (Fsp3) is 0.824. The number of thioether (sulfide) groups is 1. The van der Waals surface area contributed by atoms with Crippen LogP contribution in [0, 0.1) is 0 Å². The van der Waals surface area contributed by atoms with E-state index in [1.165, 1.54) is 59.9 Å². The lowest BCUT2D eigenvalue weighted by molar-refractivity contribution is -0.142. The van der Waals surface area contributed by atoms with Crippen LogP contribution in [-0.4, -0.2) is 18.8 Å². The van der Waals surface area contributed by atoms with Gasteiger partial charge < -0.3 is 4.74 Å². The highest BCUT2D eigenvalue weighted by Gasteiger charge is 2.10. The summed E-state index contributed by atoms with van der Waals surface area (Å²) in [5.41, 5.74) is 1.26. The Labute approximate surface area is 149 Å². The highest BCUT2D eigenvalue weighted by molar-refractivity contribution is 14.1. The highest BCUT2D eigenvalue weighted by atomic mass is 127. The average Bonchev–Trinajstić information content (AvgIpc) is 2.48. The number of unbranched alkanes of at least 4 members (excludes halogenated alkanes) is 7. The fourth-order valence-corrected chi connectivity index (χ4v) is 3.18. The third kappa shape index (κ3) is 12.5. The lowest BCUT2D eigenvalue weighted by Gasteiger charge is -2.10. The molecule has 0 bridgehead atoms. The smallest absolute Gasteiger partial charge is 0.309 e. The van der Waals surface area contributed by atoms with Crippen LogP contribution in [0.4, 0.5) is 0 Å². The Balaban J connectivity index is 3.91. The third-order valence-corrected chi connectivity index (χ3v) is 6.18. The van der Waals surface area contributed by atoms with Crippen LogP contribution < -0.4 is 0 Å². The molecule has 0 aliphatic heterocycles. The highest BCUT2D eigenvalue weighted by Crippen LogP contribution is 2.30. The van der Waals surface area contributed by atoms with Gasteiger partial charge in [0.15, 0.2) is 0 Å². The zero-order valence-corrected chi connectivity index (χ0v) is 16.9. The second kappa shape index (κ2) is 15.2. The van der Waals surface area contributed by atoms with Crippen molar-refractivity contribution in [1.29, 1.82) is 0 Å². The molecule has 0 unspecified atom stereocenters. The minimum Gasteiger partial charge on any atom is -0.466 e. The van der Waals surface area contributed by atoms with Crippen molar-refractivity contribution in [3.63, 3.8) is 0 Å². The van der Waals surface area contributed by atoms with Gasteiger partial charge in [0, 0.05) is 2.91 Å². The van der Waals surface area contributed by atoms with Crippen LogP contribution in [0.5, 0.6) is 0 Å². The summed E-state index contributed by atoms with van der Waals surface area (Å²) in [7, 11) is 0. The summed E-state index contributed by atoms with van der Waals surface area (Å²) in [6.07, 6.45) is 14.2. The van der Waals surface area contributed by atoms with Crippen LogP contribution in [0.3, 0.4) is 0 Å². The fourth-order valence-electron chi connectivity index (χ4n) is 2.26. The molecule has 0 aromatic rings. The largest absolute Gasteiger partial charge is 0.466 e. The molecular formula is C17H31IO2S. The van der Waals surface area contributed by atoms with Gasteiger partial charge in [0.1, 0.15) is 0 Å². The molecular weight excluding hydrogens is 395 g/mol. The van der Waals surface area contributed by atoms with E-state index in [0.29, 0.717) is 13.0 Å². The summed E-state index contributed by atoms with van der Waals surface area (Å²) in [5, 5.41) is 0. The van der Waals surface area contributed by atoms with Crippen molar-refractivity contribution in [2.24, 2.45) is 0 Å². The number of esters is 1. The number of hydrogen-bond donors (Lipinski definition) is 0. The van der Waals surface area contributed by atoms with Gasteiger partial charge in [-0.25, -0.2) is 0 Å². The third-order valence-electron chi connectivity index (χ3n) is 3.45. The molecule has 0 fully saturated rings. The first-order valence-electron chi connectivity index (χ1n) is 8.22. The van der Waals surface area contributed by atoms with E-state index in [9.17, 15) is 4.79 Å². The number of carbonyl (C=O) groups excluding carboxylic acids is 1. The maximum Gasteiger partial charge on any atom is 0.309 e. The SMILES string of the molecule is CCCCCCCCCC/C(CC(=O)OCC)=C(/I)SC. The Hall–Kier alpha value is 0.290. The van der Waals surface area contributed by atoms with Gasteiger partial charge in [0.25, 0.3) is 0 Å². The molecule has 0 heterocycles. The van der Waals surface area contributed by atoms with Crippen LogP contribution in [0.2, 0.25) is 0 Å². The molecule has 124 valence electrons. The molecule has 0 atom stereocenters. The van der Waals surface area contributed by atoms with Crippen molar-refractivity contribution in [3.8, 4) is 0 Å². The number of ether oxygens (including phenoxy) is 1. The number of rotatable bonds is 13. The van der Waals surface area contributed by atoms with Crippen LogP contribution >= 0.6 is 34.4 Å². The summed E-state index contributed by atoms with van der Waals surface area (Å²) in [6.45, 7) is 4.59. The number of carbonyl (C=O) groups is 1. The van der Waals surface area contributed by atoms with E-state index in [1.54, 1.807) is 11.8 Å². The van der Waals surface area contributed by atoms with Gasteiger partial charge in [0.2, 0.25) is 0 Å². The molecule has 0 saturated carbocycles. The Morgan fingerprint density at radius 3 is 2.10 bits per heavy atom. The van der Waals surface area contributed by atoms with Crippen LogP contribution in [0.25, 0.3) is 0 Å². The Bertz CT molecular complexity index is 303. The van der Waals surface area contributed by atoms with Crippen LogP contribution in [-0.2, 0) is 9.53 Å². The zero-order valence-electron chi connectivity index (χ0n) is 13.9. The Morgan fingerprint density at radius 2 is 1.57 bits per heavy atom. The van der Waals surface area contributed by atoms with Gasteiger partial charge in [-0.2, -0.15) is 0 Å². The molecule has 0 aliphatic carbocycles. The van der Waals surface area contributed by atoms with Crippen LogP contribution in [0.15, 0.2) is 8.48 Å². The maximum atomic E-state index is 11.6. The Kier molecular flexibility index (Phi) is 15.4. The normalized spacial score (nSPS) is 12.2. The van der Waals surface area contributed by atoms with Crippen molar-refractivity contribution < 1.29 is 9.53 Å². The quantitative estimate of drug-likeness (QED) is 0.192. The second-order valence-corrected chi connectivity index (χ2v) is 7.92. The van der Waals surface area contributed by atoms with Crippen molar-refractivity contribution in [1.82, 2.24) is 0 Å². The summed E-state index contributed by atoms with van der Waals surface area (Å²) in [4.78, 5) is 11.6. The molecule has 4 heteroatoms. The van der Waals surface area contributed by atoms with Crippen molar-refractivity contribution >= 4 is 40.3 Å². The van der Waals surface area contributed by atoms with E-state index >= 15 is 0 Å². The summed E-state index contributed by atoms with van der Waals surface area (Å²) in [6, 6.07) is 0. The average molecular weight is 426 g/mol. The number of halogens is 1. The van der Waals surface area contributed by atoms with E-state index in [2.05, 4.69) is 35.8 Å². The molecule has 0 aromatic carbocycles. The molecule has 2 nitrogen and oxygen atoms in total.